The number of carbonyl (C=O) groups is 1. The highest BCUT2D eigenvalue weighted by molar-refractivity contribution is 5.77. The Labute approximate surface area is 147 Å². The third-order valence-corrected chi connectivity index (χ3v) is 4.46. The molecule has 3 rings (SSSR count). The van der Waals surface area contributed by atoms with Gasteiger partial charge in [0.15, 0.2) is 0 Å². The summed E-state index contributed by atoms with van der Waals surface area (Å²) in [4.78, 5) is 14.0. The van der Waals surface area contributed by atoms with E-state index in [0.29, 0.717) is 37.6 Å². The van der Waals surface area contributed by atoms with Crippen LogP contribution in [0.25, 0.3) is 0 Å². The van der Waals surface area contributed by atoms with Crippen LogP contribution in [0, 0.1) is 0 Å². The van der Waals surface area contributed by atoms with Gasteiger partial charge in [0, 0.05) is 26.4 Å². The quantitative estimate of drug-likeness (QED) is 0.751. The van der Waals surface area contributed by atoms with Gasteiger partial charge in [-0.2, -0.15) is 10.2 Å². The smallest absolute Gasteiger partial charge is 0.248 e. The summed E-state index contributed by atoms with van der Waals surface area (Å²) in [7, 11) is 1.79. The normalized spacial score (nSPS) is 15.2. The second-order valence-corrected chi connectivity index (χ2v) is 6.29. The molecule has 0 unspecified atom stereocenters. The van der Waals surface area contributed by atoms with E-state index in [1.54, 1.807) is 28.9 Å². The van der Waals surface area contributed by atoms with Gasteiger partial charge in [0.2, 0.25) is 5.91 Å². The van der Waals surface area contributed by atoms with E-state index >= 15 is 0 Å². The van der Waals surface area contributed by atoms with Crippen molar-refractivity contribution in [3.8, 4) is 0 Å². The maximum atomic E-state index is 12.3. The van der Waals surface area contributed by atoms with E-state index in [9.17, 15) is 9.90 Å². The molecule has 136 valence electrons. The molecule has 0 bridgehead atoms. The number of amides is 1. The number of hydrogen-bond donors (Lipinski definition) is 1. The molecule has 0 aliphatic carbocycles. The van der Waals surface area contributed by atoms with Crippen LogP contribution in [0.4, 0.5) is 0 Å². The van der Waals surface area contributed by atoms with Crippen molar-refractivity contribution in [3.63, 3.8) is 0 Å². The average Bonchev–Trinajstić information content (AvgIpc) is 3.23. The molecule has 0 saturated heterocycles. The molecular weight excluding hydrogens is 322 g/mol. The largest absolute Gasteiger partial charge is 0.380 e. The van der Waals surface area contributed by atoms with E-state index in [1.165, 1.54) is 0 Å². The zero-order chi connectivity index (χ0) is 17.8. The van der Waals surface area contributed by atoms with Crippen molar-refractivity contribution in [2.24, 2.45) is 7.05 Å². The van der Waals surface area contributed by atoms with Crippen molar-refractivity contribution >= 4 is 5.91 Å². The molecule has 0 spiro atoms. The molecule has 25 heavy (non-hydrogen) atoms. The second-order valence-electron chi connectivity index (χ2n) is 6.29. The van der Waals surface area contributed by atoms with Crippen LogP contribution in [0.5, 0.6) is 0 Å². The highest BCUT2D eigenvalue weighted by Crippen LogP contribution is 2.23. The monoisotopic (exact) mass is 347 g/mol. The number of carbonyl (C=O) groups excluding carboxylic acids is 1. The van der Waals surface area contributed by atoms with Crippen LogP contribution in [-0.4, -0.2) is 55.2 Å². The topological polar surface area (TPSA) is 85.4 Å². The van der Waals surface area contributed by atoms with Gasteiger partial charge >= 0.3 is 0 Å². The number of hydrogen-bond acceptors (Lipinski definition) is 5. The van der Waals surface area contributed by atoms with Crippen LogP contribution in [0.3, 0.4) is 0 Å². The molecule has 2 aromatic heterocycles. The summed E-state index contributed by atoms with van der Waals surface area (Å²) in [5, 5.41) is 19.1. The van der Waals surface area contributed by atoms with E-state index in [2.05, 4.69) is 17.1 Å². The standard InChI is InChI=1S/C17H25N5O3/c1-3-4-9-25-12-16(23)21-7-8-22-13(11-21)10-14(19-22)17(24)15-5-6-18-20(15)2/h5-6,10,17,24H,3-4,7-9,11-12H2,1-2H3/t17-/m0/s1. The Morgan fingerprint density at radius 3 is 3.00 bits per heavy atom. The van der Waals surface area contributed by atoms with Gasteiger partial charge in [0.05, 0.1) is 30.2 Å². The van der Waals surface area contributed by atoms with E-state index in [4.69, 9.17) is 4.74 Å². The molecule has 0 saturated carbocycles. The van der Waals surface area contributed by atoms with Gasteiger partial charge < -0.3 is 14.7 Å². The van der Waals surface area contributed by atoms with Crippen molar-refractivity contribution in [2.45, 2.75) is 39.0 Å². The molecule has 1 aliphatic rings. The minimum absolute atomic E-state index is 0.00251. The Morgan fingerprint density at radius 2 is 2.28 bits per heavy atom. The van der Waals surface area contributed by atoms with E-state index in [0.717, 1.165) is 18.5 Å². The van der Waals surface area contributed by atoms with Crippen LogP contribution in [-0.2, 0) is 29.7 Å². The molecule has 1 atom stereocenters. The first-order valence-corrected chi connectivity index (χ1v) is 8.68. The number of ether oxygens (including phenoxy) is 1. The van der Waals surface area contributed by atoms with Gasteiger partial charge in [-0.05, 0) is 18.6 Å². The van der Waals surface area contributed by atoms with Crippen LogP contribution >= 0.6 is 0 Å². The Morgan fingerprint density at radius 1 is 1.44 bits per heavy atom. The first-order chi connectivity index (χ1) is 12.1. The predicted molar refractivity (Wildman–Crippen MR) is 90.6 cm³/mol. The fourth-order valence-electron chi connectivity index (χ4n) is 2.94. The fourth-order valence-corrected chi connectivity index (χ4v) is 2.94. The number of aliphatic hydroxyl groups is 1. The average molecular weight is 347 g/mol. The van der Waals surface area contributed by atoms with Crippen LogP contribution in [0.15, 0.2) is 18.3 Å². The highest BCUT2D eigenvalue weighted by Gasteiger charge is 2.25. The summed E-state index contributed by atoms with van der Waals surface area (Å²) < 4.78 is 8.91. The lowest BCUT2D eigenvalue weighted by atomic mass is 10.1. The Balaban J connectivity index is 1.63. The van der Waals surface area contributed by atoms with Crippen molar-refractivity contribution in [3.05, 3.63) is 35.4 Å². The first kappa shape index (κ1) is 17.6. The maximum absolute atomic E-state index is 12.3. The minimum atomic E-state index is -0.827. The Kier molecular flexibility index (Phi) is 5.50. The lowest BCUT2D eigenvalue weighted by Crippen LogP contribution is -2.40. The van der Waals surface area contributed by atoms with Gasteiger partial charge in [-0.15, -0.1) is 0 Å². The van der Waals surface area contributed by atoms with Gasteiger partial charge in [0.25, 0.3) is 0 Å². The van der Waals surface area contributed by atoms with Crippen LogP contribution < -0.4 is 0 Å². The molecular formula is C17H25N5O3. The predicted octanol–water partition coefficient (Wildman–Crippen LogP) is 0.857. The number of unbranched alkanes of at least 4 members (excludes halogenated alkanes) is 1. The van der Waals surface area contributed by atoms with E-state index < -0.39 is 6.10 Å². The lowest BCUT2D eigenvalue weighted by molar-refractivity contribution is -0.137. The van der Waals surface area contributed by atoms with Crippen molar-refractivity contribution in [1.82, 2.24) is 24.5 Å². The summed E-state index contributed by atoms with van der Waals surface area (Å²) in [6.45, 7) is 4.54. The van der Waals surface area contributed by atoms with Crippen LogP contribution in [0.1, 0.15) is 43.0 Å². The van der Waals surface area contributed by atoms with Gasteiger partial charge in [-0.1, -0.05) is 13.3 Å². The third-order valence-electron chi connectivity index (χ3n) is 4.46. The molecule has 1 N–H and O–H groups in total. The molecule has 1 aliphatic heterocycles. The molecule has 3 heterocycles. The SMILES string of the molecule is CCCCOCC(=O)N1CCn2nc([C@H](O)c3ccnn3C)cc2C1. The Hall–Kier alpha value is -2.19. The zero-order valence-electron chi connectivity index (χ0n) is 14.8. The van der Waals surface area contributed by atoms with Gasteiger partial charge in [-0.25, -0.2) is 0 Å². The molecule has 0 aromatic carbocycles. The summed E-state index contributed by atoms with van der Waals surface area (Å²) in [5.74, 6) is -0.00251. The number of aromatic nitrogens is 4. The van der Waals surface area contributed by atoms with Crippen molar-refractivity contribution in [1.29, 1.82) is 0 Å². The number of rotatable bonds is 7. The zero-order valence-corrected chi connectivity index (χ0v) is 14.8. The number of aryl methyl sites for hydroxylation is 1. The first-order valence-electron chi connectivity index (χ1n) is 8.68. The number of nitrogens with zero attached hydrogens (tertiary/aromatic N) is 5. The minimum Gasteiger partial charge on any atom is -0.380 e. The third kappa shape index (κ3) is 3.91. The summed E-state index contributed by atoms with van der Waals surface area (Å²) in [5.41, 5.74) is 2.18. The molecule has 0 fully saturated rings. The van der Waals surface area contributed by atoms with Crippen molar-refractivity contribution in [2.75, 3.05) is 19.8 Å². The van der Waals surface area contributed by atoms with Crippen molar-refractivity contribution < 1.29 is 14.6 Å². The van der Waals surface area contributed by atoms with Gasteiger partial charge in [-0.3, -0.25) is 14.2 Å². The second kappa shape index (κ2) is 7.79. The molecule has 8 heteroatoms. The summed E-state index contributed by atoms with van der Waals surface area (Å²) >= 11 is 0. The fraction of sp³-hybridized carbons (Fsp3) is 0.588. The van der Waals surface area contributed by atoms with Gasteiger partial charge in [0.1, 0.15) is 12.7 Å². The van der Waals surface area contributed by atoms with E-state index in [-0.39, 0.29) is 12.5 Å². The molecule has 0 radical (unpaired) electrons. The highest BCUT2D eigenvalue weighted by atomic mass is 16.5. The Bertz CT molecular complexity index is 724. The van der Waals surface area contributed by atoms with E-state index in [1.807, 2.05) is 10.7 Å². The number of aliphatic hydroxyl groups excluding tert-OH is 1. The summed E-state index contributed by atoms with van der Waals surface area (Å²) in [6.07, 6.45) is 2.84. The molecule has 8 nitrogen and oxygen atoms in total. The molecule has 1 amide bonds. The maximum Gasteiger partial charge on any atom is 0.248 e. The number of fused-ring (bicyclic) bond motifs is 1. The molecule has 2 aromatic rings. The lowest BCUT2D eigenvalue weighted by Gasteiger charge is -2.27. The summed E-state index contributed by atoms with van der Waals surface area (Å²) in [6, 6.07) is 3.63. The van der Waals surface area contributed by atoms with Crippen LogP contribution in [0.2, 0.25) is 0 Å².